The first-order valence-corrected chi connectivity index (χ1v) is 7.19. The first-order valence-electron chi connectivity index (χ1n) is 6.82. The zero-order chi connectivity index (χ0) is 15.1. The average molecular weight is 305 g/mol. The second-order valence-electron chi connectivity index (χ2n) is 4.53. The van der Waals surface area contributed by atoms with E-state index >= 15 is 0 Å². The highest BCUT2D eigenvalue weighted by Gasteiger charge is 2.08. The molecule has 0 aliphatic heterocycles. The molecule has 0 aliphatic carbocycles. The third-order valence-corrected chi connectivity index (χ3v) is 3.07. The van der Waals surface area contributed by atoms with Crippen molar-refractivity contribution in [1.82, 2.24) is 9.97 Å². The normalized spacial score (nSPS) is 10.2. The van der Waals surface area contributed by atoms with E-state index in [0.29, 0.717) is 16.5 Å². The second-order valence-corrected chi connectivity index (χ2v) is 4.96. The van der Waals surface area contributed by atoms with Crippen LogP contribution in [0.15, 0.2) is 36.7 Å². The van der Waals surface area contributed by atoms with Crippen LogP contribution in [0.1, 0.15) is 30.3 Å². The van der Waals surface area contributed by atoms with Crippen LogP contribution >= 0.6 is 11.6 Å². The summed E-state index contributed by atoms with van der Waals surface area (Å²) in [6.45, 7) is 2.97. The van der Waals surface area contributed by atoms with Crippen molar-refractivity contribution in [2.45, 2.75) is 19.8 Å². The van der Waals surface area contributed by atoms with Gasteiger partial charge in [-0.2, -0.15) is 0 Å². The fourth-order valence-electron chi connectivity index (χ4n) is 1.66. The van der Waals surface area contributed by atoms with Crippen LogP contribution in [0.4, 0.5) is 11.5 Å². The highest BCUT2D eigenvalue weighted by atomic mass is 35.5. The molecule has 1 amide bonds. The van der Waals surface area contributed by atoms with E-state index in [1.807, 2.05) is 0 Å². The summed E-state index contributed by atoms with van der Waals surface area (Å²) in [5.41, 5.74) is 0.933. The minimum atomic E-state index is -0.301. The summed E-state index contributed by atoms with van der Waals surface area (Å²) in [4.78, 5) is 20.3. The van der Waals surface area contributed by atoms with Crippen LogP contribution in [-0.4, -0.2) is 22.4 Å². The fourth-order valence-corrected chi connectivity index (χ4v) is 1.78. The van der Waals surface area contributed by atoms with Crippen molar-refractivity contribution in [3.8, 4) is 0 Å². The van der Waals surface area contributed by atoms with Gasteiger partial charge in [0, 0.05) is 17.3 Å². The van der Waals surface area contributed by atoms with E-state index in [4.69, 9.17) is 11.6 Å². The zero-order valence-corrected chi connectivity index (χ0v) is 12.5. The number of nitrogens with zero attached hydrogens (tertiary/aromatic N) is 2. The lowest BCUT2D eigenvalue weighted by Crippen LogP contribution is -2.14. The van der Waals surface area contributed by atoms with Crippen molar-refractivity contribution in [1.29, 1.82) is 0 Å². The summed E-state index contributed by atoms with van der Waals surface area (Å²) in [6, 6.07) is 6.88. The molecule has 0 aliphatic rings. The van der Waals surface area contributed by atoms with Gasteiger partial charge < -0.3 is 10.6 Å². The minimum absolute atomic E-state index is 0.269. The molecule has 0 radical (unpaired) electrons. The molecule has 2 N–H and O–H groups in total. The molecule has 0 spiro atoms. The van der Waals surface area contributed by atoms with Gasteiger partial charge in [-0.1, -0.05) is 24.9 Å². The fraction of sp³-hybridized carbons (Fsp3) is 0.267. The van der Waals surface area contributed by atoms with Gasteiger partial charge in [-0.05, 0) is 30.7 Å². The number of unbranched alkanes of at least 4 members (excludes halogenated alkanes) is 1. The van der Waals surface area contributed by atoms with Gasteiger partial charge in [-0.15, -0.1) is 0 Å². The summed E-state index contributed by atoms with van der Waals surface area (Å²) < 4.78 is 0. The third kappa shape index (κ3) is 4.72. The van der Waals surface area contributed by atoms with Gasteiger partial charge >= 0.3 is 0 Å². The molecular weight excluding hydrogens is 288 g/mol. The van der Waals surface area contributed by atoms with E-state index in [9.17, 15) is 4.79 Å². The van der Waals surface area contributed by atoms with Crippen molar-refractivity contribution in [2.24, 2.45) is 0 Å². The minimum Gasteiger partial charge on any atom is -0.369 e. The topological polar surface area (TPSA) is 66.9 Å². The Bertz CT molecular complexity index is 584. The van der Waals surface area contributed by atoms with Crippen LogP contribution in [0.25, 0.3) is 0 Å². The SMILES string of the molecule is CCCCNc1cnc(C(=O)Nc2ccc(Cl)cc2)cn1. The number of rotatable bonds is 6. The first-order chi connectivity index (χ1) is 10.2. The summed E-state index contributed by atoms with van der Waals surface area (Å²) in [5.74, 6) is 0.372. The smallest absolute Gasteiger partial charge is 0.275 e. The standard InChI is InChI=1S/C15H17ClN4O/c1-2-3-8-17-14-10-18-13(9-19-14)15(21)20-12-6-4-11(16)5-7-12/h4-7,9-10H,2-3,8H2,1H3,(H,17,19)(H,20,21). The molecule has 21 heavy (non-hydrogen) atoms. The molecule has 0 unspecified atom stereocenters. The lowest BCUT2D eigenvalue weighted by Gasteiger charge is -2.06. The van der Waals surface area contributed by atoms with Gasteiger partial charge in [0.1, 0.15) is 11.5 Å². The number of hydrogen-bond donors (Lipinski definition) is 2. The monoisotopic (exact) mass is 304 g/mol. The van der Waals surface area contributed by atoms with E-state index in [1.165, 1.54) is 6.20 Å². The Balaban J connectivity index is 1.94. The van der Waals surface area contributed by atoms with Crippen LogP contribution in [0.3, 0.4) is 0 Å². The Morgan fingerprint density at radius 1 is 1.19 bits per heavy atom. The van der Waals surface area contributed by atoms with Gasteiger partial charge in [0.2, 0.25) is 0 Å². The first kappa shape index (κ1) is 15.3. The van der Waals surface area contributed by atoms with Gasteiger partial charge in [-0.25, -0.2) is 9.97 Å². The van der Waals surface area contributed by atoms with Crippen molar-refractivity contribution in [3.05, 3.63) is 47.4 Å². The van der Waals surface area contributed by atoms with Gasteiger partial charge in [0.25, 0.3) is 5.91 Å². The van der Waals surface area contributed by atoms with Crippen molar-refractivity contribution >= 4 is 29.0 Å². The zero-order valence-electron chi connectivity index (χ0n) is 11.8. The molecule has 1 aromatic carbocycles. The number of carbonyl (C=O) groups is 1. The maximum absolute atomic E-state index is 12.0. The number of benzene rings is 1. The molecule has 0 fully saturated rings. The van der Waals surface area contributed by atoms with Crippen LogP contribution in [-0.2, 0) is 0 Å². The van der Waals surface area contributed by atoms with E-state index in [0.717, 1.165) is 19.4 Å². The number of hydrogen-bond acceptors (Lipinski definition) is 4. The highest BCUT2D eigenvalue weighted by molar-refractivity contribution is 6.30. The average Bonchev–Trinajstić information content (AvgIpc) is 2.50. The van der Waals surface area contributed by atoms with Gasteiger partial charge in [0.05, 0.1) is 12.4 Å². The highest BCUT2D eigenvalue weighted by Crippen LogP contribution is 2.14. The van der Waals surface area contributed by atoms with E-state index < -0.39 is 0 Å². The Kier molecular flexibility index (Phi) is 5.51. The Morgan fingerprint density at radius 2 is 1.95 bits per heavy atom. The van der Waals surface area contributed by atoms with E-state index in [-0.39, 0.29) is 11.6 Å². The van der Waals surface area contributed by atoms with Crippen molar-refractivity contribution < 1.29 is 4.79 Å². The summed E-state index contributed by atoms with van der Waals surface area (Å²) in [6.07, 6.45) is 5.20. The summed E-state index contributed by atoms with van der Waals surface area (Å²) in [5, 5.41) is 6.51. The predicted octanol–water partition coefficient (Wildman–Crippen LogP) is 3.59. The van der Waals surface area contributed by atoms with E-state index in [1.54, 1.807) is 30.5 Å². The Labute approximate surface area is 128 Å². The molecule has 0 bridgehead atoms. The summed E-state index contributed by atoms with van der Waals surface area (Å²) >= 11 is 5.79. The van der Waals surface area contributed by atoms with Crippen molar-refractivity contribution in [3.63, 3.8) is 0 Å². The molecule has 110 valence electrons. The second kappa shape index (κ2) is 7.59. The lowest BCUT2D eigenvalue weighted by molar-refractivity contribution is 0.102. The molecule has 1 heterocycles. The quantitative estimate of drug-likeness (QED) is 0.800. The van der Waals surface area contributed by atoms with Gasteiger partial charge in [-0.3, -0.25) is 4.79 Å². The summed E-state index contributed by atoms with van der Waals surface area (Å²) in [7, 11) is 0. The number of aromatic nitrogens is 2. The predicted molar refractivity (Wildman–Crippen MR) is 84.8 cm³/mol. The molecule has 5 nitrogen and oxygen atoms in total. The van der Waals surface area contributed by atoms with Crippen LogP contribution < -0.4 is 10.6 Å². The van der Waals surface area contributed by atoms with Crippen LogP contribution in [0, 0.1) is 0 Å². The maximum atomic E-state index is 12.0. The Hall–Kier alpha value is -2.14. The molecule has 6 heteroatoms. The molecule has 0 saturated heterocycles. The lowest BCUT2D eigenvalue weighted by atomic mass is 10.3. The van der Waals surface area contributed by atoms with Crippen LogP contribution in [0.5, 0.6) is 0 Å². The molecule has 1 aromatic heterocycles. The number of halogens is 1. The van der Waals surface area contributed by atoms with Crippen LogP contribution in [0.2, 0.25) is 5.02 Å². The van der Waals surface area contributed by atoms with E-state index in [2.05, 4.69) is 27.5 Å². The Morgan fingerprint density at radius 3 is 2.57 bits per heavy atom. The van der Waals surface area contributed by atoms with Gasteiger partial charge in [0.15, 0.2) is 0 Å². The number of amides is 1. The largest absolute Gasteiger partial charge is 0.369 e. The molecule has 2 rings (SSSR count). The molecule has 0 saturated carbocycles. The number of anilines is 2. The number of carbonyl (C=O) groups excluding carboxylic acids is 1. The third-order valence-electron chi connectivity index (χ3n) is 2.82. The van der Waals surface area contributed by atoms with Crippen molar-refractivity contribution in [2.75, 3.05) is 17.2 Å². The number of nitrogens with one attached hydrogen (secondary N) is 2. The molecule has 0 atom stereocenters. The maximum Gasteiger partial charge on any atom is 0.275 e. The molecule has 2 aromatic rings. The molecular formula is C15H17ClN4O.